The number of amides is 3. The van der Waals surface area contributed by atoms with Crippen molar-refractivity contribution in [1.82, 2.24) is 0 Å². The van der Waals surface area contributed by atoms with Crippen molar-refractivity contribution in [3.8, 4) is 0 Å². The van der Waals surface area contributed by atoms with Crippen molar-refractivity contribution < 1.29 is 23.9 Å². The van der Waals surface area contributed by atoms with E-state index in [4.69, 9.17) is 4.74 Å². The van der Waals surface area contributed by atoms with Crippen molar-refractivity contribution in [2.24, 2.45) is 11.8 Å². The molecule has 1 saturated carbocycles. The number of ether oxygens (including phenoxy) is 1. The van der Waals surface area contributed by atoms with Crippen molar-refractivity contribution in [2.45, 2.75) is 38.5 Å². The maximum atomic E-state index is 13.4. The first kappa shape index (κ1) is 26.8. The molecule has 2 aliphatic rings. The van der Waals surface area contributed by atoms with E-state index in [1.165, 1.54) is 22.6 Å². The number of benzene rings is 3. The third-order valence-corrected chi connectivity index (χ3v) is 8.09. The van der Waals surface area contributed by atoms with Crippen LogP contribution in [0.25, 0.3) is 0 Å². The summed E-state index contributed by atoms with van der Waals surface area (Å²) in [5.41, 5.74) is 3.31. The minimum atomic E-state index is -0.709. The minimum absolute atomic E-state index is 0.163. The fourth-order valence-electron chi connectivity index (χ4n) is 5.61. The van der Waals surface area contributed by atoms with Gasteiger partial charge in [-0.1, -0.05) is 59.3 Å². The van der Waals surface area contributed by atoms with Crippen molar-refractivity contribution in [3.63, 3.8) is 0 Å². The number of hydrogen-bond donors (Lipinski definition) is 1. The summed E-state index contributed by atoms with van der Waals surface area (Å²) < 4.78 is 6.15. The Hall–Kier alpha value is -3.78. The molecule has 39 heavy (non-hydrogen) atoms. The molecule has 1 saturated heterocycles. The maximum absolute atomic E-state index is 13.4. The van der Waals surface area contributed by atoms with Crippen LogP contribution in [0.4, 0.5) is 11.4 Å². The van der Waals surface area contributed by atoms with E-state index >= 15 is 0 Å². The van der Waals surface area contributed by atoms with Gasteiger partial charge in [0.05, 0.1) is 23.1 Å². The molecule has 0 aromatic heterocycles. The standard InChI is InChI=1S/C31H29BrN2O5/c1-2-19-15-23(32)12-14-27(19)33-28(35)18-39-31(38)22-9-6-10-24(16-22)34-29(36)25-13-11-21(17-26(25)30(34)37)20-7-4-3-5-8-20/h3-10,12,14-16,21,25-26H,2,11,13,17-18H2,1H3,(H,33,35)/t21-,25-,26-/m1/s1. The minimum Gasteiger partial charge on any atom is -0.452 e. The zero-order chi connectivity index (χ0) is 27.5. The molecule has 0 bridgehead atoms. The number of fused-ring (bicyclic) bond motifs is 1. The van der Waals surface area contributed by atoms with Gasteiger partial charge in [0.25, 0.3) is 5.91 Å². The molecular formula is C31H29BrN2O5. The molecule has 8 heteroatoms. The Labute approximate surface area is 235 Å². The first-order chi connectivity index (χ1) is 18.9. The number of halogens is 1. The largest absolute Gasteiger partial charge is 0.452 e. The number of rotatable bonds is 7. The van der Waals surface area contributed by atoms with E-state index in [0.717, 1.165) is 22.9 Å². The first-order valence-electron chi connectivity index (χ1n) is 13.1. The molecule has 3 aromatic rings. The Morgan fingerprint density at radius 1 is 0.949 bits per heavy atom. The Morgan fingerprint density at radius 3 is 2.49 bits per heavy atom. The van der Waals surface area contributed by atoms with Gasteiger partial charge in [-0.3, -0.25) is 19.3 Å². The monoisotopic (exact) mass is 588 g/mol. The van der Waals surface area contributed by atoms with Crippen LogP contribution < -0.4 is 10.2 Å². The van der Waals surface area contributed by atoms with Gasteiger partial charge >= 0.3 is 5.97 Å². The van der Waals surface area contributed by atoms with Crippen LogP contribution in [0.5, 0.6) is 0 Å². The summed E-state index contributed by atoms with van der Waals surface area (Å²) in [5, 5.41) is 2.77. The second kappa shape index (κ2) is 11.5. The van der Waals surface area contributed by atoms with E-state index in [2.05, 4.69) is 33.4 Å². The van der Waals surface area contributed by atoms with Gasteiger partial charge in [-0.25, -0.2) is 4.79 Å². The maximum Gasteiger partial charge on any atom is 0.338 e. The molecule has 1 N–H and O–H groups in total. The molecule has 200 valence electrons. The zero-order valence-electron chi connectivity index (χ0n) is 21.6. The van der Waals surface area contributed by atoms with Crippen LogP contribution in [-0.4, -0.2) is 30.3 Å². The lowest BCUT2D eigenvalue weighted by Crippen LogP contribution is -2.31. The second-order valence-electron chi connectivity index (χ2n) is 9.98. The van der Waals surface area contributed by atoms with Crippen LogP contribution in [0.2, 0.25) is 0 Å². The number of aryl methyl sites for hydroxylation is 1. The van der Waals surface area contributed by atoms with Gasteiger partial charge in [-0.05, 0) is 79.1 Å². The van der Waals surface area contributed by atoms with Crippen molar-refractivity contribution in [1.29, 1.82) is 0 Å². The van der Waals surface area contributed by atoms with Gasteiger partial charge in [0.2, 0.25) is 11.8 Å². The van der Waals surface area contributed by atoms with E-state index in [-0.39, 0.29) is 35.1 Å². The molecule has 1 aliphatic heterocycles. The van der Waals surface area contributed by atoms with E-state index in [1.54, 1.807) is 18.2 Å². The van der Waals surface area contributed by atoms with Crippen LogP contribution >= 0.6 is 15.9 Å². The molecule has 1 aliphatic carbocycles. The van der Waals surface area contributed by atoms with Crippen LogP contribution in [0.3, 0.4) is 0 Å². The molecule has 3 amide bonds. The molecule has 0 spiro atoms. The predicted octanol–water partition coefficient (Wildman–Crippen LogP) is 5.88. The van der Waals surface area contributed by atoms with Crippen LogP contribution in [-0.2, 0) is 25.5 Å². The molecule has 1 heterocycles. The third kappa shape index (κ3) is 5.66. The molecule has 3 aromatic carbocycles. The normalized spacial score (nSPS) is 20.5. The average Bonchev–Trinajstić information content (AvgIpc) is 3.21. The van der Waals surface area contributed by atoms with Gasteiger partial charge < -0.3 is 10.1 Å². The van der Waals surface area contributed by atoms with Gasteiger partial charge in [0.15, 0.2) is 6.61 Å². The molecule has 0 unspecified atom stereocenters. The van der Waals surface area contributed by atoms with Crippen LogP contribution in [0, 0.1) is 11.8 Å². The number of nitrogens with zero attached hydrogens (tertiary/aromatic N) is 1. The van der Waals surface area contributed by atoms with Gasteiger partial charge in [0.1, 0.15) is 0 Å². The highest BCUT2D eigenvalue weighted by atomic mass is 79.9. The van der Waals surface area contributed by atoms with Crippen molar-refractivity contribution >= 4 is 51.0 Å². The number of anilines is 2. The van der Waals surface area contributed by atoms with Gasteiger partial charge in [-0.15, -0.1) is 0 Å². The van der Waals surface area contributed by atoms with Crippen molar-refractivity contribution in [2.75, 3.05) is 16.8 Å². The topological polar surface area (TPSA) is 92.8 Å². The summed E-state index contributed by atoms with van der Waals surface area (Å²) >= 11 is 3.42. The number of hydrogen-bond acceptors (Lipinski definition) is 5. The second-order valence-corrected chi connectivity index (χ2v) is 10.9. The number of carbonyl (C=O) groups excluding carboxylic acids is 4. The molecule has 2 fully saturated rings. The number of esters is 1. The lowest BCUT2D eigenvalue weighted by molar-refractivity contribution is -0.122. The highest BCUT2D eigenvalue weighted by Gasteiger charge is 2.50. The van der Waals surface area contributed by atoms with Gasteiger partial charge in [-0.2, -0.15) is 0 Å². The Morgan fingerprint density at radius 2 is 1.72 bits per heavy atom. The summed E-state index contributed by atoms with van der Waals surface area (Å²) in [5.74, 6) is -2.09. The molecule has 0 radical (unpaired) electrons. The Bertz CT molecular complexity index is 1420. The average molecular weight is 589 g/mol. The van der Waals surface area contributed by atoms with Crippen LogP contribution in [0.1, 0.15) is 53.6 Å². The quantitative estimate of drug-likeness (QED) is 0.275. The molecule has 7 nitrogen and oxygen atoms in total. The van der Waals surface area contributed by atoms with Crippen LogP contribution in [0.15, 0.2) is 77.3 Å². The summed E-state index contributed by atoms with van der Waals surface area (Å²) in [6, 6.07) is 21.9. The Kier molecular flexibility index (Phi) is 7.93. The predicted molar refractivity (Wildman–Crippen MR) is 151 cm³/mol. The lowest BCUT2D eigenvalue weighted by Gasteiger charge is -2.28. The van der Waals surface area contributed by atoms with E-state index < -0.39 is 18.5 Å². The SMILES string of the molecule is CCc1cc(Br)ccc1NC(=O)COC(=O)c1cccc(N2C(=O)[C@@H]3CC[C@@H](c4ccccc4)C[C@H]3C2=O)c1. The van der Waals surface area contributed by atoms with Gasteiger partial charge in [0, 0.05) is 10.2 Å². The smallest absolute Gasteiger partial charge is 0.338 e. The molecule has 3 atom stereocenters. The lowest BCUT2D eigenvalue weighted by atomic mass is 9.73. The summed E-state index contributed by atoms with van der Waals surface area (Å²) in [7, 11) is 0. The molecular weight excluding hydrogens is 560 g/mol. The van der Waals surface area contributed by atoms with E-state index in [0.29, 0.717) is 24.2 Å². The fraction of sp³-hybridized carbons (Fsp3) is 0.290. The summed E-state index contributed by atoms with van der Waals surface area (Å²) in [6.07, 6.45) is 2.86. The number of carbonyl (C=O) groups is 4. The number of nitrogens with one attached hydrogen (secondary N) is 1. The molecule has 5 rings (SSSR count). The van der Waals surface area contributed by atoms with E-state index in [1.807, 2.05) is 37.3 Å². The highest BCUT2D eigenvalue weighted by molar-refractivity contribution is 9.10. The summed E-state index contributed by atoms with van der Waals surface area (Å²) in [6.45, 7) is 1.52. The third-order valence-electron chi connectivity index (χ3n) is 7.59. The highest BCUT2D eigenvalue weighted by Crippen LogP contribution is 2.45. The first-order valence-corrected chi connectivity index (χ1v) is 13.9. The van der Waals surface area contributed by atoms with E-state index in [9.17, 15) is 19.2 Å². The summed E-state index contributed by atoms with van der Waals surface area (Å²) in [4.78, 5) is 53.1. The number of imide groups is 1. The fourth-order valence-corrected chi connectivity index (χ4v) is 6.02. The Balaban J connectivity index is 1.24. The van der Waals surface area contributed by atoms with Crippen molar-refractivity contribution in [3.05, 3.63) is 94.0 Å². The zero-order valence-corrected chi connectivity index (χ0v) is 23.1.